The summed E-state index contributed by atoms with van der Waals surface area (Å²) in [5.41, 5.74) is 7.10. The van der Waals surface area contributed by atoms with Crippen LogP contribution in [0, 0.1) is 0 Å². The molecule has 2 aromatic heterocycles. The molecule has 0 bridgehead atoms. The molecule has 3 aromatic rings. The highest BCUT2D eigenvalue weighted by molar-refractivity contribution is 6.33. The lowest BCUT2D eigenvalue weighted by molar-refractivity contribution is 0.240. The first-order valence-corrected chi connectivity index (χ1v) is 8.35. The molecule has 0 radical (unpaired) electrons. The largest absolute Gasteiger partial charge is 0.398 e. The molecule has 0 aliphatic heterocycles. The highest BCUT2D eigenvalue weighted by Crippen LogP contribution is 2.19. The molecule has 0 unspecified atom stereocenters. The fraction of sp³-hybridized carbons (Fsp3) is 0.176. The van der Waals surface area contributed by atoms with E-state index in [4.69, 9.17) is 17.3 Å². The van der Waals surface area contributed by atoms with Crippen LogP contribution < -0.4 is 16.4 Å². The summed E-state index contributed by atoms with van der Waals surface area (Å²) in [7, 11) is 0. The zero-order chi connectivity index (χ0) is 18.4. The van der Waals surface area contributed by atoms with Crippen molar-refractivity contribution in [2.75, 3.05) is 12.3 Å². The number of amides is 2. The Balaban J connectivity index is 1.45. The van der Waals surface area contributed by atoms with Crippen LogP contribution >= 0.6 is 11.6 Å². The van der Waals surface area contributed by atoms with Gasteiger partial charge in [0.05, 0.1) is 10.7 Å². The Kier molecular flexibility index (Phi) is 5.65. The minimum absolute atomic E-state index is 0.274. The molecule has 2 heterocycles. The number of nitrogen functional groups attached to an aromatic ring is 1. The summed E-state index contributed by atoms with van der Waals surface area (Å²) in [6.45, 7) is 0.780. The zero-order valence-corrected chi connectivity index (χ0v) is 14.6. The van der Waals surface area contributed by atoms with Gasteiger partial charge in [-0.2, -0.15) is 0 Å². The second-order valence-electron chi connectivity index (χ2n) is 5.52. The van der Waals surface area contributed by atoms with Gasteiger partial charge in [0.15, 0.2) is 0 Å². The number of aromatic nitrogens is 4. The Labute approximate surface area is 155 Å². The van der Waals surface area contributed by atoms with Crippen LogP contribution in [0.15, 0.2) is 49.2 Å². The van der Waals surface area contributed by atoms with Crippen LogP contribution in [0.2, 0.25) is 5.02 Å². The second kappa shape index (κ2) is 8.30. The number of carbonyl (C=O) groups excluding carboxylic acids is 1. The van der Waals surface area contributed by atoms with Gasteiger partial charge < -0.3 is 16.4 Å². The first kappa shape index (κ1) is 17.7. The van der Waals surface area contributed by atoms with Crippen molar-refractivity contribution in [3.63, 3.8) is 0 Å². The molecule has 3 rings (SSSR count). The molecule has 0 saturated carbocycles. The van der Waals surface area contributed by atoms with Crippen molar-refractivity contribution in [3.05, 3.63) is 65.6 Å². The fourth-order valence-electron chi connectivity index (χ4n) is 2.28. The van der Waals surface area contributed by atoms with E-state index in [9.17, 15) is 4.79 Å². The maximum atomic E-state index is 11.9. The number of rotatable bonds is 6. The monoisotopic (exact) mass is 371 g/mol. The number of urea groups is 1. The molecule has 2 amide bonds. The summed E-state index contributed by atoms with van der Waals surface area (Å²) < 4.78 is 1.79. The Morgan fingerprint density at radius 3 is 2.88 bits per heavy atom. The number of nitrogens with zero attached hydrogens (tertiary/aromatic N) is 4. The molecule has 26 heavy (non-hydrogen) atoms. The van der Waals surface area contributed by atoms with Crippen molar-refractivity contribution in [2.24, 2.45) is 0 Å². The molecule has 8 nitrogen and oxygen atoms in total. The van der Waals surface area contributed by atoms with E-state index in [-0.39, 0.29) is 6.03 Å². The van der Waals surface area contributed by atoms with E-state index >= 15 is 0 Å². The molecule has 9 heteroatoms. The molecule has 0 aliphatic carbocycles. The third-order valence-electron chi connectivity index (χ3n) is 3.61. The minimum atomic E-state index is -0.274. The third-order valence-corrected chi connectivity index (χ3v) is 3.95. The standard InChI is InChI=1S/C17H18ClN7O/c18-13-2-1-12(9-14(13)19)10-23-17(26)22-5-3-15-21-6-4-16(24-15)25-8-7-20-11-25/h1-2,4,6-9,11H,3,5,10,19H2,(H2,22,23,26). The third kappa shape index (κ3) is 4.70. The molecule has 0 saturated heterocycles. The molecular weight excluding hydrogens is 354 g/mol. The maximum Gasteiger partial charge on any atom is 0.315 e. The van der Waals surface area contributed by atoms with Gasteiger partial charge in [-0.3, -0.25) is 4.57 Å². The van der Waals surface area contributed by atoms with Gasteiger partial charge in [-0.1, -0.05) is 17.7 Å². The summed E-state index contributed by atoms with van der Waals surface area (Å²) in [4.78, 5) is 24.5. The van der Waals surface area contributed by atoms with Crippen LogP contribution in [0.1, 0.15) is 11.4 Å². The van der Waals surface area contributed by atoms with Crippen molar-refractivity contribution in [2.45, 2.75) is 13.0 Å². The molecule has 0 aliphatic rings. The van der Waals surface area contributed by atoms with Crippen molar-refractivity contribution >= 4 is 23.3 Å². The molecule has 4 N–H and O–H groups in total. The highest BCUT2D eigenvalue weighted by Gasteiger charge is 2.05. The number of halogens is 1. The Hall–Kier alpha value is -3.13. The first-order valence-electron chi connectivity index (χ1n) is 7.97. The average molecular weight is 372 g/mol. The van der Waals surface area contributed by atoms with E-state index in [0.29, 0.717) is 36.0 Å². The van der Waals surface area contributed by atoms with E-state index < -0.39 is 0 Å². The molecule has 0 atom stereocenters. The number of carbonyl (C=O) groups is 1. The number of hydrogen-bond donors (Lipinski definition) is 3. The van der Waals surface area contributed by atoms with Crippen LogP contribution in [-0.4, -0.2) is 32.1 Å². The predicted molar refractivity (Wildman–Crippen MR) is 99.0 cm³/mol. The SMILES string of the molecule is Nc1cc(CNC(=O)NCCc2nccc(-n3ccnc3)n2)ccc1Cl. The van der Waals surface area contributed by atoms with Crippen molar-refractivity contribution < 1.29 is 4.79 Å². The van der Waals surface area contributed by atoms with Gasteiger partial charge in [-0.05, 0) is 23.8 Å². The lowest BCUT2D eigenvalue weighted by atomic mass is 10.2. The molecule has 0 fully saturated rings. The van der Waals surface area contributed by atoms with Gasteiger partial charge in [0.25, 0.3) is 0 Å². The van der Waals surface area contributed by atoms with Gasteiger partial charge in [-0.15, -0.1) is 0 Å². The number of nitrogens with one attached hydrogen (secondary N) is 2. The Morgan fingerprint density at radius 1 is 1.23 bits per heavy atom. The summed E-state index contributed by atoms with van der Waals surface area (Å²) in [5, 5.41) is 6.04. The highest BCUT2D eigenvalue weighted by atomic mass is 35.5. The topological polar surface area (TPSA) is 111 Å². The van der Waals surface area contributed by atoms with E-state index in [1.165, 1.54) is 0 Å². The normalized spacial score (nSPS) is 10.5. The van der Waals surface area contributed by atoms with Gasteiger partial charge in [0, 0.05) is 38.1 Å². The quantitative estimate of drug-likeness (QED) is 0.573. The number of benzene rings is 1. The van der Waals surface area contributed by atoms with Crippen LogP contribution in [0.5, 0.6) is 0 Å². The van der Waals surface area contributed by atoms with Gasteiger partial charge in [0.2, 0.25) is 0 Å². The summed E-state index contributed by atoms with van der Waals surface area (Å²) in [5.74, 6) is 1.37. The van der Waals surface area contributed by atoms with Gasteiger partial charge in [0.1, 0.15) is 18.0 Å². The lowest BCUT2D eigenvalue weighted by Gasteiger charge is -2.09. The number of nitrogens with two attached hydrogens (primary N) is 1. The number of anilines is 1. The first-order chi connectivity index (χ1) is 12.6. The van der Waals surface area contributed by atoms with Crippen LogP contribution in [0.4, 0.5) is 10.5 Å². The number of imidazole rings is 1. The molecule has 0 spiro atoms. The second-order valence-corrected chi connectivity index (χ2v) is 5.92. The molecule has 1 aromatic carbocycles. The van der Waals surface area contributed by atoms with E-state index in [2.05, 4.69) is 25.6 Å². The average Bonchev–Trinajstić information content (AvgIpc) is 3.18. The van der Waals surface area contributed by atoms with E-state index in [1.807, 2.05) is 6.07 Å². The molecular formula is C17H18ClN7O. The van der Waals surface area contributed by atoms with Crippen molar-refractivity contribution in [1.29, 1.82) is 0 Å². The van der Waals surface area contributed by atoms with Crippen LogP contribution in [0.3, 0.4) is 0 Å². The van der Waals surface area contributed by atoms with Crippen LogP contribution in [-0.2, 0) is 13.0 Å². The van der Waals surface area contributed by atoms with Gasteiger partial charge in [-0.25, -0.2) is 19.7 Å². The summed E-state index contributed by atoms with van der Waals surface area (Å²) >= 11 is 5.87. The van der Waals surface area contributed by atoms with Crippen molar-refractivity contribution in [3.8, 4) is 5.82 Å². The number of hydrogen-bond acceptors (Lipinski definition) is 5. The fourth-order valence-corrected chi connectivity index (χ4v) is 2.40. The van der Waals surface area contributed by atoms with E-state index in [0.717, 1.165) is 11.4 Å². The molecule has 134 valence electrons. The minimum Gasteiger partial charge on any atom is -0.398 e. The van der Waals surface area contributed by atoms with Crippen LogP contribution in [0.25, 0.3) is 5.82 Å². The van der Waals surface area contributed by atoms with Gasteiger partial charge >= 0.3 is 6.03 Å². The predicted octanol–water partition coefficient (Wildman–Crippen LogP) is 1.94. The van der Waals surface area contributed by atoms with E-state index in [1.54, 1.807) is 47.7 Å². The Bertz CT molecular complexity index is 883. The maximum absolute atomic E-state index is 11.9. The zero-order valence-electron chi connectivity index (χ0n) is 13.9. The van der Waals surface area contributed by atoms with Crippen molar-refractivity contribution in [1.82, 2.24) is 30.2 Å². The summed E-state index contributed by atoms with van der Waals surface area (Å²) in [6.07, 6.45) is 7.36. The summed E-state index contributed by atoms with van der Waals surface area (Å²) in [6, 6.07) is 6.77. The smallest absolute Gasteiger partial charge is 0.315 e. The lowest BCUT2D eigenvalue weighted by Crippen LogP contribution is -2.36. The Morgan fingerprint density at radius 2 is 2.12 bits per heavy atom.